The predicted molar refractivity (Wildman–Crippen MR) is 109 cm³/mol. The zero-order valence-corrected chi connectivity index (χ0v) is 16.8. The van der Waals surface area contributed by atoms with E-state index in [9.17, 15) is 13.6 Å². The zero-order chi connectivity index (χ0) is 20.8. The number of alkyl halides is 2. The van der Waals surface area contributed by atoms with Gasteiger partial charge < -0.3 is 19.9 Å². The minimum Gasteiger partial charge on any atom is -0.434 e. The summed E-state index contributed by atoms with van der Waals surface area (Å²) in [5.74, 6) is 0.293. The molecule has 0 bridgehead atoms. The van der Waals surface area contributed by atoms with Gasteiger partial charge in [0.15, 0.2) is 0 Å². The maximum Gasteiger partial charge on any atom is 0.387 e. The highest BCUT2D eigenvalue weighted by atomic mass is 19.3. The Morgan fingerprint density at radius 2 is 1.90 bits per heavy atom. The lowest BCUT2D eigenvalue weighted by Crippen LogP contribution is -2.47. The molecular weight excluding hydrogens is 376 g/mol. The minimum atomic E-state index is -2.86. The van der Waals surface area contributed by atoms with E-state index >= 15 is 0 Å². The molecular formula is C22H27F2N3O2. The Morgan fingerprint density at radius 3 is 2.62 bits per heavy atom. The number of halogens is 2. The molecule has 0 unspecified atom stereocenters. The molecule has 2 aromatic rings. The molecule has 0 saturated carbocycles. The Hall–Kier alpha value is -2.67. The first-order chi connectivity index (χ1) is 13.9. The van der Waals surface area contributed by atoms with Crippen molar-refractivity contribution >= 4 is 11.6 Å². The van der Waals surface area contributed by atoms with Gasteiger partial charge in [-0.1, -0.05) is 29.8 Å². The van der Waals surface area contributed by atoms with Crippen LogP contribution in [0, 0.1) is 6.92 Å². The number of aryl methyl sites for hydroxylation is 1. The Balaban J connectivity index is 1.62. The molecule has 0 atom stereocenters. The number of carbonyl (C=O) groups is 1. The molecule has 2 aromatic carbocycles. The summed E-state index contributed by atoms with van der Waals surface area (Å²) < 4.78 is 29.9. The smallest absolute Gasteiger partial charge is 0.387 e. The molecule has 0 aliphatic carbocycles. The van der Waals surface area contributed by atoms with Crippen LogP contribution in [-0.4, -0.2) is 55.5 Å². The topological polar surface area (TPSA) is 44.8 Å². The normalized spacial score (nSPS) is 14.9. The number of anilines is 1. The third-order valence-electron chi connectivity index (χ3n) is 5.05. The largest absolute Gasteiger partial charge is 0.434 e. The van der Waals surface area contributed by atoms with Crippen LogP contribution in [0.15, 0.2) is 42.5 Å². The van der Waals surface area contributed by atoms with Gasteiger partial charge in [-0.3, -0.25) is 4.79 Å². The van der Waals surface area contributed by atoms with E-state index in [0.29, 0.717) is 18.5 Å². The lowest BCUT2D eigenvalue weighted by molar-refractivity contribution is -0.132. The van der Waals surface area contributed by atoms with Crippen LogP contribution in [-0.2, 0) is 17.8 Å². The van der Waals surface area contributed by atoms with Gasteiger partial charge in [0.1, 0.15) is 5.75 Å². The summed E-state index contributed by atoms with van der Waals surface area (Å²) in [4.78, 5) is 16.7. The zero-order valence-electron chi connectivity index (χ0n) is 16.8. The van der Waals surface area contributed by atoms with Crippen LogP contribution >= 0.6 is 0 Å². The summed E-state index contributed by atoms with van der Waals surface area (Å²) in [6.45, 7) is 2.70. The number of benzene rings is 2. The highest BCUT2D eigenvalue weighted by Crippen LogP contribution is 2.23. The molecule has 156 valence electrons. The van der Waals surface area contributed by atoms with Crippen LogP contribution < -0.4 is 10.1 Å². The Labute approximate surface area is 170 Å². The van der Waals surface area contributed by atoms with Crippen LogP contribution in [0.2, 0.25) is 0 Å². The molecule has 1 heterocycles. The van der Waals surface area contributed by atoms with Gasteiger partial charge in [-0.05, 0) is 37.7 Å². The molecule has 0 spiro atoms. The molecule has 7 heteroatoms. The number of amides is 1. The number of hydrogen-bond donors (Lipinski definition) is 1. The van der Waals surface area contributed by atoms with E-state index < -0.39 is 6.61 Å². The Bertz CT molecular complexity index is 837. The monoisotopic (exact) mass is 403 g/mol. The summed E-state index contributed by atoms with van der Waals surface area (Å²) in [6.07, 6.45) is 0.351. The standard InChI is InChI=1S/C22H27F2N3O2/c1-16-6-7-20(29-22(23)24)18(12-16)15-25-19-5-3-4-17(13-19)14-21(28)27-10-8-26(2)9-11-27/h3-7,12-13,22,25H,8-11,14-15H2,1-2H3. The van der Waals surface area contributed by atoms with Gasteiger partial charge in [0.25, 0.3) is 0 Å². The van der Waals surface area contributed by atoms with Crippen molar-refractivity contribution in [3.8, 4) is 5.75 Å². The summed E-state index contributed by atoms with van der Waals surface area (Å²) in [5.41, 5.74) is 3.38. The molecule has 3 rings (SSSR count). The minimum absolute atomic E-state index is 0.126. The third-order valence-corrected chi connectivity index (χ3v) is 5.05. The summed E-state index contributed by atoms with van der Waals surface area (Å²) in [7, 11) is 2.06. The molecule has 1 fully saturated rings. The number of hydrogen-bond acceptors (Lipinski definition) is 4. The van der Waals surface area contributed by atoms with Gasteiger partial charge in [-0.2, -0.15) is 8.78 Å². The molecule has 0 radical (unpaired) electrons. The van der Waals surface area contributed by atoms with Crippen molar-refractivity contribution in [3.05, 3.63) is 59.2 Å². The summed E-state index contributed by atoms with van der Waals surface area (Å²) in [5, 5.41) is 3.24. The third kappa shape index (κ3) is 6.15. The predicted octanol–water partition coefficient (Wildman–Crippen LogP) is 3.53. The van der Waals surface area contributed by atoms with Crippen LogP contribution in [0.4, 0.5) is 14.5 Å². The molecule has 0 aromatic heterocycles. The quantitative estimate of drug-likeness (QED) is 0.768. The van der Waals surface area contributed by atoms with Crippen molar-refractivity contribution in [1.29, 1.82) is 0 Å². The highest BCUT2D eigenvalue weighted by molar-refractivity contribution is 5.79. The van der Waals surface area contributed by atoms with Gasteiger partial charge in [0.05, 0.1) is 6.42 Å². The average Bonchev–Trinajstić information content (AvgIpc) is 2.68. The van der Waals surface area contributed by atoms with E-state index in [4.69, 9.17) is 0 Å². The van der Waals surface area contributed by atoms with Gasteiger partial charge >= 0.3 is 6.61 Å². The maximum absolute atomic E-state index is 12.6. The maximum atomic E-state index is 12.6. The molecule has 1 aliphatic rings. The second kappa shape index (κ2) is 9.69. The summed E-state index contributed by atoms with van der Waals surface area (Å²) in [6, 6.07) is 12.8. The number of nitrogens with one attached hydrogen (secondary N) is 1. The van der Waals surface area contributed by atoms with E-state index in [1.807, 2.05) is 42.2 Å². The molecule has 29 heavy (non-hydrogen) atoms. The van der Waals surface area contributed by atoms with E-state index in [1.54, 1.807) is 12.1 Å². The number of likely N-dealkylation sites (N-methyl/N-ethyl adjacent to an activating group) is 1. The fourth-order valence-corrected chi connectivity index (χ4v) is 3.39. The van der Waals surface area contributed by atoms with Gasteiger partial charge in [-0.15, -0.1) is 0 Å². The first-order valence-electron chi connectivity index (χ1n) is 9.74. The van der Waals surface area contributed by atoms with Crippen molar-refractivity contribution in [2.45, 2.75) is 26.5 Å². The SMILES string of the molecule is Cc1ccc(OC(F)F)c(CNc2cccc(CC(=O)N3CCN(C)CC3)c2)c1. The average molecular weight is 403 g/mol. The summed E-state index contributed by atoms with van der Waals surface area (Å²) >= 11 is 0. The fourth-order valence-electron chi connectivity index (χ4n) is 3.39. The van der Waals surface area contributed by atoms with Crippen LogP contribution in [0.5, 0.6) is 5.75 Å². The number of nitrogens with zero attached hydrogens (tertiary/aromatic N) is 2. The van der Waals surface area contributed by atoms with E-state index in [-0.39, 0.29) is 11.7 Å². The van der Waals surface area contributed by atoms with Crippen molar-refractivity contribution in [2.24, 2.45) is 0 Å². The Morgan fingerprint density at radius 1 is 1.14 bits per heavy atom. The first kappa shape index (κ1) is 21.0. The van der Waals surface area contributed by atoms with E-state index in [0.717, 1.165) is 43.0 Å². The lowest BCUT2D eigenvalue weighted by atomic mass is 10.1. The fraction of sp³-hybridized carbons (Fsp3) is 0.409. The van der Waals surface area contributed by atoms with Crippen LogP contribution in [0.3, 0.4) is 0 Å². The van der Waals surface area contributed by atoms with Crippen LogP contribution in [0.1, 0.15) is 16.7 Å². The lowest BCUT2D eigenvalue weighted by Gasteiger charge is -2.32. The van der Waals surface area contributed by atoms with Crippen LogP contribution in [0.25, 0.3) is 0 Å². The Kier molecular flexibility index (Phi) is 7.04. The molecule has 5 nitrogen and oxygen atoms in total. The van der Waals surface area contributed by atoms with Crippen molar-refractivity contribution in [1.82, 2.24) is 9.80 Å². The highest BCUT2D eigenvalue weighted by Gasteiger charge is 2.19. The molecule has 1 aliphatic heterocycles. The van der Waals surface area contributed by atoms with E-state index in [1.165, 1.54) is 0 Å². The second-order valence-corrected chi connectivity index (χ2v) is 7.40. The molecule has 1 amide bonds. The molecule has 1 saturated heterocycles. The van der Waals surface area contributed by atoms with Crippen molar-refractivity contribution in [2.75, 3.05) is 38.5 Å². The van der Waals surface area contributed by atoms with Crippen molar-refractivity contribution in [3.63, 3.8) is 0 Å². The molecule has 1 N–H and O–H groups in total. The first-order valence-corrected chi connectivity index (χ1v) is 9.74. The number of carbonyl (C=O) groups excluding carboxylic acids is 1. The second-order valence-electron chi connectivity index (χ2n) is 7.40. The van der Waals surface area contributed by atoms with Crippen molar-refractivity contribution < 1.29 is 18.3 Å². The van der Waals surface area contributed by atoms with Gasteiger partial charge in [-0.25, -0.2) is 0 Å². The van der Waals surface area contributed by atoms with Gasteiger partial charge in [0.2, 0.25) is 5.91 Å². The number of piperazine rings is 1. The number of rotatable bonds is 7. The van der Waals surface area contributed by atoms with Gasteiger partial charge in [0, 0.05) is 44.0 Å². The van der Waals surface area contributed by atoms with E-state index in [2.05, 4.69) is 22.0 Å². The number of ether oxygens (including phenoxy) is 1.